The maximum absolute atomic E-state index is 13.3. The van der Waals surface area contributed by atoms with Crippen molar-refractivity contribution >= 4 is 78.6 Å². The van der Waals surface area contributed by atoms with Crippen molar-refractivity contribution in [3.63, 3.8) is 0 Å². The van der Waals surface area contributed by atoms with Gasteiger partial charge in [0, 0.05) is 10.8 Å². The van der Waals surface area contributed by atoms with Gasteiger partial charge in [-0.15, -0.1) is 0 Å². The first-order valence-corrected chi connectivity index (χ1v) is 17.5. The number of thiophene rings is 1. The van der Waals surface area contributed by atoms with Crippen LogP contribution >= 0.6 is 68.0 Å². The fourth-order valence-corrected chi connectivity index (χ4v) is 22.4. The molecule has 0 N–H and O–H groups in total. The van der Waals surface area contributed by atoms with E-state index in [0.29, 0.717) is 0 Å². The van der Waals surface area contributed by atoms with Crippen LogP contribution in [0.2, 0.25) is 0 Å². The molecular weight excluding hydrogens is 398 g/mol. The zero-order valence-corrected chi connectivity index (χ0v) is 18.6. The van der Waals surface area contributed by atoms with Crippen molar-refractivity contribution in [3.05, 3.63) is 10.8 Å². The molecule has 9 heteroatoms. The van der Waals surface area contributed by atoms with Crippen LogP contribution in [-0.2, 0) is 9.13 Å². The van der Waals surface area contributed by atoms with Crippen LogP contribution in [-0.4, -0.2) is 23.0 Å². The minimum Gasteiger partial charge on any atom is -0.295 e. The molecule has 2 nitrogen and oxygen atoms in total. The minimum atomic E-state index is -2.56. The van der Waals surface area contributed by atoms with Gasteiger partial charge in [0.05, 0.1) is 10.6 Å². The van der Waals surface area contributed by atoms with Gasteiger partial charge in [-0.05, 0) is 23.0 Å². The molecule has 0 atom stereocenters. The monoisotopic (exact) mass is 420 g/mol. The molecule has 0 aliphatic carbocycles. The Kier molecular flexibility index (Phi) is 9.57. The highest BCUT2D eigenvalue weighted by atomic mass is 33.1. The average Bonchev–Trinajstić information content (AvgIpc) is 2.90. The predicted octanol–water partition coefficient (Wildman–Crippen LogP) is 6.40. The summed E-state index contributed by atoms with van der Waals surface area (Å²) in [4.78, 5) is 0. The fourth-order valence-electron chi connectivity index (χ4n) is 1.73. The Balaban J connectivity index is 3.31. The molecule has 0 fully saturated rings. The first-order chi connectivity index (χ1) is 9.97. The molecule has 0 spiro atoms. The van der Waals surface area contributed by atoms with E-state index in [-0.39, 0.29) is 0 Å². The standard InChI is InChI=1S/C12H22O2P2S5/c1-5-18-15(13,19-6-2)11-9-17-10-12(11)16(14,20-7-3)21-8-4/h9-10H,5-8H2,1-4H3. The van der Waals surface area contributed by atoms with Gasteiger partial charge in [-0.1, -0.05) is 73.2 Å². The van der Waals surface area contributed by atoms with E-state index in [2.05, 4.69) is 0 Å². The number of hydrogen-bond donors (Lipinski definition) is 0. The Hall–Kier alpha value is 1.56. The van der Waals surface area contributed by atoms with Gasteiger partial charge in [-0.2, -0.15) is 11.3 Å². The second-order valence-electron chi connectivity index (χ2n) is 3.81. The van der Waals surface area contributed by atoms with Crippen LogP contribution in [0.15, 0.2) is 10.8 Å². The largest absolute Gasteiger partial charge is 0.295 e. The highest BCUT2D eigenvalue weighted by Gasteiger charge is 2.36. The van der Waals surface area contributed by atoms with E-state index in [4.69, 9.17) is 0 Å². The Morgan fingerprint density at radius 2 is 1.05 bits per heavy atom. The molecular formula is C12H22O2P2S5. The maximum atomic E-state index is 13.3. The van der Waals surface area contributed by atoms with Crippen LogP contribution in [0.4, 0.5) is 0 Å². The lowest BCUT2D eigenvalue weighted by molar-refractivity contribution is 0.596. The molecule has 0 radical (unpaired) electrons. The summed E-state index contributed by atoms with van der Waals surface area (Å²) in [5, 5.41) is 5.61. The third-order valence-corrected chi connectivity index (χ3v) is 21.3. The van der Waals surface area contributed by atoms with E-state index >= 15 is 0 Å². The van der Waals surface area contributed by atoms with Crippen molar-refractivity contribution in [1.29, 1.82) is 0 Å². The van der Waals surface area contributed by atoms with Crippen molar-refractivity contribution in [2.24, 2.45) is 0 Å². The molecule has 0 bridgehead atoms. The summed E-state index contributed by atoms with van der Waals surface area (Å²) in [5.74, 6) is 3.24. The highest BCUT2D eigenvalue weighted by Crippen LogP contribution is 2.72. The van der Waals surface area contributed by atoms with Crippen LogP contribution in [0.3, 0.4) is 0 Å². The normalized spacial score (nSPS) is 12.8. The van der Waals surface area contributed by atoms with Gasteiger partial charge in [0.25, 0.3) is 0 Å². The lowest BCUT2D eigenvalue weighted by Crippen LogP contribution is -2.18. The van der Waals surface area contributed by atoms with E-state index in [1.54, 1.807) is 0 Å². The minimum absolute atomic E-state index is 0.811. The van der Waals surface area contributed by atoms with E-state index in [1.165, 1.54) is 56.9 Å². The second-order valence-corrected chi connectivity index (χ2v) is 21.5. The smallest absolute Gasteiger partial charge is 0.220 e. The lowest BCUT2D eigenvalue weighted by atomic mass is 10.7. The quantitative estimate of drug-likeness (QED) is 0.408. The van der Waals surface area contributed by atoms with Crippen LogP contribution < -0.4 is 10.6 Å². The van der Waals surface area contributed by atoms with E-state index < -0.39 is 11.1 Å². The van der Waals surface area contributed by atoms with Crippen molar-refractivity contribution in [2.45, 2.75) is 27.7 Å². The van der Waals surface area contributed by atoms with Gasteiger partial charge < -0.3 is 0 Å². The molecule has 0 unspecified atom stereocenters. The Bertz CT molecular complexity index is 467. The first kappa shape index (κ1) is 20.6. The molecule has 0 aromatic carbocycles. The first-order valence-electron chi connectivity index (χ1n) is 6.82. The SMILES string of the molecule is CCSP(=O)(SCC)c1cscc1P(=O)(SCC)SCC. The third kappa shape index (κ3) is 5.27. The molecule has 21 heavy (non-hydrogen) atoms. The summed E-state index contributed by atoms with van der Waals surface area (Å²) < 4.78 is 26.7. The molecule has 1 aromatic heterocycles. The Morgan fingerprint density at radius 1 is 0.762 bits per heavy atom. The van der Waals surface area contributed by atoms with Gasteiger partial charge in [0.1, 0.15) is 0 Å². The van der Waals surface area contributed by atoms with Crippen LogP contribution in [0.5, 0.6) is 0 Å². The van der Waals surface area contributed by atoms with Crippen molar-refractivity contribution in [1.82, 2.24) is 0 Å². The Morgan fingerprint density at radius 3 is 1.29 bits per heavy atom. The zero-order chi connectivity index (χ0) is 15.9. The molecule has 1 rings (SSSR count). The predicted molar refractivity (Wildman–Crippen MR) is 111 cm³/mol. The molecule has 0 aliphatic heterocycles. The van der Waals surface area contributed by atoms with Crippen molar-refractivity contribution in [2.75, 3.05) is 23.0 Å². The Labute approximate surface area is 148 Å². The molecule has 122 valence electrons. The summed E-state index contributed by atoms with van der Waals surface area (Å²) in [7, 11) is 0. The van der Waals surface area contributed by atoms with Gasteiger partial charge in [-0.25, -0.2) is 0 Å². The summed E-state index contributed by atoms with van der Waals surface area (Å²) in [6.07, 6.45) is 0. The zero-order valence-electron chi connectivity index (χ0n) is 12.7. The summed E-state index contributed by atoms with van der Waals surface area (Å²) in [5.41, 5.74) is -5.12. The second kappa shape index (κ2) is 9.76. The highest BCUT2D eigenvalue weighted by molar-refractivity contribution is 8.94. The van der Waals surface area contributed by atoms with Crippen LogP contribution in [0.25, 0.3) is 0 Å². The maximum Gasteiger partial charge on any atom is 0.220 e. The van der Waals surface area contributed by atoms with Gasteiger partial charge >= 0.3 is 0 Å². The molecule has 1 aromatic rings. The van der Waals surface area contributed by atoms with Crippen LogP contribution in [0, 0.1) is 0 Å². The van der Waals surface area contributed by atoms with Gasteiger partial charge in [0.2, 0.25) is 11.1 Å². The molecule has 0 amide bonds. The van der Waals surface area contributed by atoms with Crippen molar-refractivity contribution in [3.8, 4) is 0 Å². The number of hydrogen-bond acceptors (Lipinski definition) is 7. The average molecular weight is 421 g/mol. The van der Waals surface area contributed by atoms with Gasteiger partial charge in [0.15, 0.2) is 0 Å². The van der Waals surface area contributed by atoms with E-state index in [1.807, 2.05) is 38.5 Å². The van der Waals surface area contributed by atoms with Crippen LogP contribution in [0.1, 0.15) is 27.7 Å². The third-order valence-electron chi connectivity index (χ3n) is 2.41. The fraction of sp³-hybridized carbons (Fsp3) is 0.667. The lowest BCUT2D eigenvalue weighted by Gasteiger charge is -2.21. The summed E-state index contributed by atoms with van der Waals surface area (Å²) >= 11 is 7.58. The molecule has 0 aliphatic rings. The molecule has 0 saturated heterocycles. The molecule has 0 saturated carbocycles. The van der Waals surface area contributed by atoms with Crippen molar-refractivity contribution < 1.29 is 9.13 Å². The van der Waals surface area contributed by atoms with E-state index in [9.17, 15) is 9.13 Å². The summed E-state index contributed by atoms with van der Waals surface area (Å²) in [6.45, 7) is 8.11. The number of rotatable bonds is 10. The molecule has 1 heterocycles. The summed E-state index contributed by atoms with van der Waals surface area (Å²) in [6, 6.07) is 0. The topological polar surface area (TPSA) is 34.1 Å². The van der Waals surface area contributed by atoms with E-state index in [0.717, 1.165) is 33.6 Å². The van der Waals surface area contributed by atoms with Gasteiger partial charge in [-0.3, -0.25) is 9.13 Å².